The van der Waals surface area contributed by atoms with Gasteiger partial charge < -0.3 is 10.6 Å². The van der Waals surface area contributed by atoms with E-state index < -0.39 is 0 Å². The average molecular weight is 384 g/mol. The van der Waals surface area contributed by atoms with Crippen LogP contribution < -0.4 is 10.6 Å². The summed E-state index contributed by atoms with van der Waals surface area (Å²) in [7, 11) is 0. The Morgan fingerprint density at radius 1 is 1.07 bits per heavy atom. The van der Waals surface area contributed by atoms with Gasteiger partial charge >= 0.3 is 0 Å². The summed E-state index contributed by atoms with van der Waals surface area (Å²) in [6, 6.07) is 9.69. The van der Waals surface area contributed by atoms with Crippen molar-refractivity contribution in [1.29, 1.82) is 0 Å². The Labute approximate surface area is 166 Å². The number of aromatic nitrogens is 1. The normalized spacial score (nSPS) is 13.7. The highest BCUT2D eigenvalue weighted by molar-refractivity contribution is 6.30. The van der Waals surface area contributed by atoms with Gasteiger partial charge in [0.25, 0.3) is 5.91 Å². The van der Waals surface area contributed by atoms with Crippen molar-refractivity contribution in [3.05, 3.63) is 70.5 Å². The molecule has 0 fully saturated rings. The van der Waals surface area contributed by atoms with Crippen LogP contribution in [0.5, 0.6) is 0 Å². The Kier molecular flexibility index (Phi) is 7.28. The average Bonchev–Trinajstić information content (AvgIpc) is 2.70. The fourth-order valence-corrected chi connectivity index (χ4v) is 3.36. The minimum Gasteiger partial charge on any atom is -0.383 e. The molecule has 1 heterocycles. The zero-order valence-electron chi connectivity index (χ0n) is 15.5. The number of allylic oxidation sites excluding steroid dienone is 1. The minimum absolute atomic E-state index is 0.0692. The molecule has 0 spiro atoms. The molecule has 5 heteroatoms. The van der Waals surface area contributed by atoms with Gasteiger partial charge in [0.15, 0.2) is 0 Å². The second-order valence-electron chi connectivity index (χ2n) is 6.88. The molecule has 0 saturated carbocycles. The predicted octanol–water partition coefficient (Wildman–Crippen LogP) is 5.01. The third kappa shape index (κ3) is 6.40. The molecular formula is C22H26ClN3O. The molecule has 2 N–H and O–H groups in total. The molecule has 2 aromatic rings. The molecule has 1 aromatic carbocycles. The molecule has 142 valence electrons. The van der Waals surface area contributed by atoms with E-state index in [1.807, 2.05) is 30.3 Å². The van der Waals surface area contributed by atoms with Crippen molar-refractivity contribution in [1.82, 2.24) is 10.3 Å². The van der Waals surface area contributed by atoms with E-state index in [9.17, 15) is 4.79 Å². The maximum atomic E-state index is 12.4. The van der Waals surface area contributed by atoms with Gasteiger partial charge in [-0.15, -0.1) is 0 Å². The molecule has 1 aliphatic carbocycles. The zero-order valence-corrected chi connectivity index (χ0v) is 16.3. The summed E-state index contributed by atoms with van der Waals surface area (Å²) in [5, 5.41) is 7.07. The molecule has 1 aromatic heterocycles. The number of nitrogens with one attached hydrogen (secondary N) is 2. The van der Waals surface area contributed by atoms with Crippen molar-refractivity contribution in [3.8, 4) is 0 Å². The first-order valence-electron chi connectivity index (χ1n) is 9.60. The van der Waals surface area contributed by atoms with Gasteiger partial charge in [0.1, 0.15) is 0 Å². The van der Waals surface area contributed by atoms with Crippen LogP contribution >= 0.6 is 11.6 Å². The second-order valence-corrected chi connectivity index (χ2v) is 7.32. The summed E-state index contributed by atoms with van der Waals surface area (Å²) >= 11 is 5.90. The zero-order chi connectivity index (χ0) is 18.9. The van der Waals surface area contributed by atoms with E-state index in [4.69, 9.17) is 11.6 Å². The standard InChI is InChI=1S/C22H26ClN3O/c23-20-8-6-18(7-9-20)10-12-25-21-14-19(15-24-16-21)22(27)26-13-11-17-4-2-1-3-5-17/h4,6-9,14-16,25H,1-3,5,10-13H2,(H,26,27). The largest absolute Gasteiger partial charge is 0.383 e. The van der Waals surface area contributed by atoms with Gasteiger partial charge in [0.05, 0.1) is 11.3 Å². The predicted molar refractivity (Wildman–Crippen MR) is 111 cm³/mol. The van der Waals surface area contributed by atoms with E-state index >= 15 is 0 Å². The number of nitrogens with zero attached hydrogens (tertiary/aromatic N) is 1. The van der Waals surface area contributed by atoms with Crippen molar-refractivity contribution in [2.75, 3.05) is 18.4 Å². The number of hydrogen-bond donors (Lipinski definition) is 2. The maximum absolute atomic E-state index is 12.4. The summed E-state index contributed by atoms with van der Waals surface area (Å²) in [6.07, 6.45) is 12.4. The molecule has 1 amide bonds. The van der Waals surface area contributed by atoms with E-state index in [0.717, 1.165) is 30.1 Å². The van der Waals surface area contributed by atoms with Crippen molar-refractivity contribution in [3.63, 3.8) is 0 Å². The number of benzene rings is 1. The highest BCUT2D eigenvalue weighted by atomic mass is 35.5. The maximum Gasteiger partial charge on any atom is 0.252 e. The molecular weight excluding hydrogens is 358 g/mol. The number of anilines is 1. The number of halogens is 1. The van der Waals surface area contributed by atoms with Gasteiger partial charge in [-0.05, 0) is 62.3 Å². The van der Waals surface area contributed by atoms with Crippen LogP contribution in [0.1, 0.15) is 48.0 Å². The Hall–Kier alpha value is -2.33. The lowest BCUT2D eigenvalue weighted by Crippen LogP contribution is -2.25. The van der Waals surface area contributed by atoms with Crippen LogP contribution in [0.25, 0.3) is 0 Å². The Balaban J connectivity index is 1.45. The van der Waals surface area contributed by atoms with Crippen LogP contribution in [-0.4, -0.2) is 24.0 Å². The monoisotopic (exact) mass is 383 g/mol. The van der Waals surface area contributed by atoms with Crippen LogP contribution in [-0.2, 0) is 6.42 Å². The Morgan fingerprint density at radius 3 is 2.70 bits per heavy atom. The smallest absolute Gasteiger partial charge is 0.252 e. The first-order chi connectivity index (χ1) is 13.2. The fraction of sp³-hybridized carbons (Fsp3) is 0.364. The number of amides is 1. The highest BCUT2D eigenvalue weighted by Crippen LogP contribution is 2.19. The van der Waals surface area contributed by atoms with Gasteiger partial charge in [-0.2, -0.15) is 0 Å². The first-order valence-corrected chi connectivity index (χ1v) is 9.98. The molecule has 4 nitrogen and oxygen atoms in total. The number of hydrogen-bond acceptors (Lipinski definition) is 3. The Bertz CT molecular complexity index is 786. The van der Waals surface area contributed by atoms with Crippen LogP contribution in [0.3, 0.4) is 0 Å². The van der Waals surface area contributed by atoms with Crippen molar-refractivity contribution < 1.29 is 4.79 Å². The quantitative estimate of drug-likeness (QED) is 0.630. The Morgan fingerprint density at radius 2 is 1.93 bits per heavy atom. The first kappa shape index (κ1) is 19.4. The van der Waals surface area contributed by atoms with E-state index in [1.165, 1.54) is 36.8 Å². The van der Waals surface area contributed by atoms with Crippen molar-refractivity contribution >= 4 is 23.2 Å². The molecule has 0 bridgehead atoms. The number of rotatable bonds is 8. The van der Waals surface area contributed by atoms with E-state index in [1.54, 1.807) is 12.4 Å². The highest BCUT2D eigenvalue weighted by Gasteiger charge is 2.08. The third-order valence-corrected chi connectivity index (χ3v) is 5.03. The van der Waals surface area contributed by atoms with Crippen LogP contribution in [0, 0.1) is 0 Å². The summed E-state index contributed by atoms with van der Waals surface area (Å²) in [4.78, 5) is 16.5. The lowest BCUT2D eigenvalue weighted by Gasteiger charge is -2.13. The van der Waals surface area contributed by atoms with E-state index in [-0.39, 0.29) is 5.91 Å². The number of pyridine rings is 1. The van der Waals surface area contributed by atoms with Gasteiger partial charge in [-0.25, -0.2) is 0 Å². The summed E-state index contributed by atoms with van der Waals surface area (Å²) in [6.45, 7) is 1.45. The fourth-order valence-electron chi connectivity index (χ4n) is 3.23. The summed E-state index contributed by atoms with van der Waals surface area (Å²) < 4.78 is 0. The van der Waals surface area contributed by atoms with Crippen molar-refractivity contribution in [2.45, 2.75) is 38.5 Å². The van der Waals surface area contributed by atoms with E-state index in [0.29, 0.717) is 12.1 Å². The number of carbonyl (C=O) groups excluding carboxylic acids is 1. The molecule has 0 radical (unpaired) electrons. The van der Waals surface area contributed by atoms with Crippen LogP contribution in [0.4, 0.5) is 5.69 Å². The van der Waals surface area contributed by atoms with Crippen molar-refractivity contribution in [2.24, 2.45) is 0 Å². The topological polar surface area (TPSA) is 54.0 Å². The van der Waals surface area contributed by atoms with Gasteiger partial charge in [0.2, 0.25) is 0 Å². The van der Waals surface area contributed by atoms with E-state index in [2.05, 4.69) is 21.7 Å². The molecule has 0 aliphatic heterocycles. The SMILES string of the molecule is O=C(NCCC1=CCCCC1)c1cncc(NCCc2ccc(Cl)cc2)c1. The van der Waals surface area contributed by atoms with Gasteiger partial charge in [-0.1, -0.05) is 35.4 Å². The third-order valence-electron chi connectivity index (χ3n) is 4.77. The second kappa shape index (κ2) is 10.1. The lowest BCUT2D eigenvalue weighted by molar-refractivity contribution is 0.0953. The molecule has 0 saturated heterocycles. The van der Waals surface area contributed by atoms with Gasteiger partial charge in [0, 0.05) is 30.5 Å². The molecule has 1 aliphatic rings. The summed E-state index contributed by atoms with van der Waals surface area (Å²) in [5.74, 6) is -0.0692. The molecule has 3 rings (SSSR count). The van der Waals surface area contributed by atoms with Crippen LogP contribution in [0.2, 0.25) is 5.02 Å². The molecule has 0 unspecified atom stereocenters. The number of carbonyl (C=O) groups is 1. The van der Waals surface area contributed by atoms with Crippen LogP contribution in [0.15, 0.2) is 54.4 Å². The lowest BCUT2D eigenvalue weighted by atomic mass is 9.97. The molecule has 27 heavy (non-hydrogen) atoms. The summed E-state index contributed by atoms with van der Waals surface area (Å²) in [5.41, 5.74) is 4.12. The molecule has 0 atom stereocenters. The minimum atomic E-state index is -0.0692. The van der Waals surface area contributed by atoms with Gasteiger partial charge in [-0.3, -0.25) is 9.78 Å².